The Labute approximate surface area is 156 Å². The van der Waals surface area contributed by atoms with Gasteiger partial charge in [0, 0.05) is 6.04 Å². The van der Waals surface area contributed by atoms with Gasteiger partial charge < -0.3 is 15.8 Å². The topological polar surface area (TPSA) is 64.3 Å². The van der Waals surface area contributed by atoms with Gasteiger partial charge in [0.2, 0.25) is 5.91 Å². The maximum absolute atomic E-state index is 13.6. The van der Waals surface area contributed by atoms with Crippen LogP contribution in [0.25, 0.3) is 0 Å². The van der Waals surface area contributed by atoms with Crippen LogP contribution in [0.4, 0.5) is 0 Å². The van der Waals surface area contributed by atoms with Crippen molar-refractivity contribution in [3.8, 4) is 5.75 Å². The number of carbonyl (C=O) groups excluding carboxylic acids is 1. The lowest BCUT2D eigenvalue weighted by Crippen LogP contribution is -2.51. The molecular formula is C22H32N2O2. The highest BCUT2D eigenvalue weighted by atomic mass is 16.5. The van der Waals surface area contributed by atoms with E-state index in [2.05, 4.69) is 17.4 Å². The molecule has 4 rings (SSSR count). The van der Waals surface area contributed by atoms with Crippen molar-refractivity contribution in [2.75, 3.05) is 13.7 Å². The average molecular weight is 357 g/mol. The minimum Gasteiger partial charge on any atom is -0.497 e. The van der Waals surface area contributed by atoms with E-state index >= 15 is 0 Å². The number of hydrogen-bond acceptors (Lipinski definition) is 3. The van der Waals surface area contributed by atoms with Crippen molar-refractivity contribution in [3.63, 3.8) is 0 Å². The molecule has 3 N–H and O–H groups in total. The Balaban J connectivity index is 1.57. The van der Waals surface area contributed by atoms with Crippen molar-refractivity contribution < 1.29 is 9.53 Å². The number of benzene rings is 1. The number of nitrogens with two attached hydrogens (primary N) is 1. The first-order valence-corrected chi connectivity index (χ1v) is 10.3. The van der Waals surface area contributed by atoms with Crippen LogP contribution >= 0.6 is 0 Å². The van der Waals surface area contributed by atoms with Crippen LogP contribution in [0.5, 0.6) is 5.75 Å². The molecule has 2 bridgehead atoms. The van der Waals surface area contributed by atoms with E-state index in [1.165, 1.54) is 31.2 Å². The predicted molar refractivity (Wildman–Crippen MR) is 103 cm³/mol. The summed E-state index contributed by atoms with van der Waals surface area (Å²) in [6, 6.07) is 8.52. The van der Waals surface area contributed by atoms with Crippen molar-refractivity contribution in [1.82, 2.24) is 5.32 Å². The van der Waals surface area contributed by atoms with Gasteiger partial charge in [0.1, 0.15) is 5.75 Å². The lowest BCUT2D eigenvalue weighted by Gasteiger charge is -2.38. The van der Waals surface area contributed by atoms with Gasteiger partial charge in [-0.2, -0.15) is 0 Å². The van der Waals surface area contributed by atoms with E-state index in [4.69, 9.17) is 10.5 Å². The van der Waals surface area contributed by atoms with Gasteiger partial charge in [0.05, 0.1) is 12.5 Å². The summed E-state index contributed by atoms with van der Waals surface area (Å²) in [5.41, 5.74) is 6.91. The van der Waals surface area contributed by atoms with E-state index in [0.717, 1.165) is 37.4 Å². The van der Waals surface area contributed by atoms with Crippen LogP contribution in [0.3, 0.4) is 0 Å². The predicted octanol–water partition coefficient (Wildman–Crippen LogP) is 3.29. The normalized spacial score (nSPS) is 35.6. The van der Waals surface area contributed by atoms with Crippen molar-refractivity contribution in [3.05, 3.63) is 29.8 Å². The molecule has 0 aliphatic heterocycles. The maximum Gasteiger partial charge on any atom is 0.227 e. The molecule has 1 aromatic rings. The number of fused-ring (bicyclic) bond motifs is 2. The molecule has 0 saturated heterocycles. The van der Waals surface area contributed by atoms with E-state index < -0.39 is 0 Å². The largest absolute Gasteiger partial charge is 0.497 e. The molecule has 1 aromatic carbocycles. The standard InChI is InChI=1S/C22H32N2O2/c1-26-19-6-2-4-15(11-19)12-22(13-16-8-9-18(22)10-16)21(25)24-20-7-3-5-17(20)14-23/h2,4,6,11,16-18,20H,3,5,7-10,12-14,23H2,1H3,(H,24,25). The molecule has 0 heterocycles. The van der Waals surface area contributed by atoms with Gasteiger partial charge in [-0.15, -0.1) is 0 Å². The Kier molecular flexibility index (Phi) is 4.96. The summed E-state index contributed by atoms with van der Waals surface area (Å²) in [6.45, 7) is 0.680. The van der Waals surface area contributed by atoms with Crippen LogP contribution in [0, 0.1) is 23.2 Å². The maximum atomic E-state index is 13.6. The van der Waals surface area contributed by atoms with Crippen LogP contribution in [-0.2, 0) is 11.2 Å². The third-order valence-electron chi connectivity index (χ3n) is 7.36. The fourth-order valence-electron chi connectivity index (χ4n) is 5.99. The van der Waals surface area contributed by atoms with Crippen LogP contribution < -0.4 is 15.8 Å². The average Bonchev–Trinajstić information content (AvgIpc) is 3.38. The summed E-state index contributed by atoms with van der Waals surface area (Å²) in [5.74, 6) is 2.87. The van der Waals surface area contributed by atoms with Gasteiger partial charge in [-0.25, -0.2) is 0 Å². The summed E-state index contributed by atoms with van der Waals surface area (Å²) in [6.07, 6.45) is 9.01. The number of ether oxygens (including phenoxy) is 1. The van der Waals surface area contributed by atoms with Gasteiger partial charge in [-0.1, -0.05) is 25.0 Å². The van der Waals surface area contributed by atoms with Gasteiger partial charge >= 0.3 is 0 Å². The van der Waals surface area contributed by atoms with Crippen LogP contribution in [0.15, 0.2) is 24.3 Å². The van der Waals surface area contributed by atoms with Crippen molar-refractivity contribution in [2.24, 2.45) is 28.9 Å². The van der Waals surface area contributed by atoms with E-state index in [9.17, 15) is 4.79 Å². The molecule has 4 heteroatoms. The SMILES string of the molecule is COc1cccc(CC2(C(=O)NC3CCCC3CN)CC3CCC2C3)c1. The highest BCUT2D eigenvalue weighted by molar-refractivity contribution is 5.84. The first kappa shape index (κ1) is 17.8. The highest BCUT2D eigenvalue weighted by Gasteiger charge is 2.55. The molecule has 0 radical (unpaired) electrons. The smallest absolute Gasteiger partial charge is 0.227 e. The molecule has 142 valence electrons. The van der Waals surface area contributed by atoms with Crippen molar-refractivity contribution in [2.45, 2.75) is 57.4 Å². The molecule has 5 unspecified atom stereocenters. The zero-order valence-corrected chi connectivity index (χ0v) is 15.9. The molecule has 0 spiro atoms. The second-order valence-electron chi connectivity index (χ2n) is 8.77. The minimum atomic E-state index is -0.239. The number of rotatable bonds is 6. The summed E-state index contributed by atoms with van der Waals surface area (Å²) in [4.78, 5) is 13.6. The van der Waals surface area contributed by atoms with Crippen molar-refractivity contribution >= 4 is 5.91 Å². The van der Waals surface area contributed by atoms with E-state index in [-0.39, 0.29) is 17.4 Å². The fourth-order valence-corrected chi connectivity index (χ4v) is 5.99. The summed E-state index contributed by atoms with van der Waals surface area (Å²) < 4.78 is 5.40. The monoisotopic (exact) mass is 356 g/mol. The molecule has 3 saturated carbocycles. The second-order valence-corrected chi connectivity index (χ2v) is 8.77. The summed E-state index contributed by atoms with van der Waals surface area (Å²) in [7, 11) is 1.70. The van der Waals surface area contributed by atoms with Crippen LogP contribution in [-0.4, -0.2) is 25.6 Å². The number of nitrogens with one attached hydrogen (secondary N) is 1. The van der Waals surface area contributed by atoms with Gasteiger partial charge in [-0.3, -0.25) is 4.79 Å². The molecule has 3 aliphatic carbocycles. The molecule has 1 amide bonds. The third-order valence-corrected chi connectivity index (χ3v) is 7.36. The molecule has 3 fully saturated rings. The number of amides is 1. The summed E-state index contributed by atoms with van der Waals surface area (Å²) >= 11 is 0. The molecular weight excluding hydrogens is 324 g/mol. The molecule has 4 nitrogen and oxygen atoms in total. The van der Waals surface area contributed by atoms with E-state index in [0.29, 0.717) is 18.4 Å². The summed E-state index contributed by atoms with van der Waals surface area (Å²) in [5, 5.41) is 3.45. The Hall–Kier alpha value is -1.55. The number of methoxy groups -OCH3 is 1. The zero-order valence-electron chi connectivity index (χ0n) is 15.9. The molecule has 5 atom stereocenters. The van der Waals surface area contributed by atoms with Crippen LogP contribution in [0.2, 0.25) is 0 Å². The molecule has 0 aromatic heterocycles. The lowest BCUT2D eigenvalue weighted by molar-refractivity contribution is -0.135. The van der Waals surface area contributed by atoms with Gasteiger partial charge in [-0.05, 0) is 80.5 Å². The zero-order chi connectivity index (χ0) is 18.1. The Bertz CT molecular complexity index is 661. The molecule has 26 heavy (non-hydrogen) atoms. The lowest BCUT2D eigenvalue weighted by atomic mass is 9.68. The fraction of sp³-hybridized carbons (Fsp3) is 0.682. The second kappa shape index (κ2) is 7.22. The Morgan fingerprint density at radius 2 is 2.19 bits per heavy atom. The van der Waals surface area contributed by atoms with Crippen molar-refractivity contribution in [1.29, 1.82) is 0 Å². The van der Waals surface area contributed by atoms with Crippen LogP contribution in [0.1, 0.15) is 50.5 Å². The number of carbonyl (C=O) groups is 1. The van der Waals surface area contributed by atoms with E-state index in [1.807, 2.05) is 12.1 Å². The quantitative estimate of drug-likeness (QED) is 0.822. The third kappa shape index (κ3) is 3.13. The first-order valence-electron chi connectivity index (χ1n) is 10.3. The van der Waals surface area contributed by atoms with E-state index in [1.54, 1.807) is 7.11 Å². The van der Waals surface area contributed by atoms with Gasteiger partial charge in [0.15, 0.2) is 0 Å². The van der Waals surface area contributed by atoms with Gasteiger partial charge in [0.25, 0.3) is 0 Å². The molecule has 3 aliphatic rings. The highest BCUT2D eigenvalue weighted by Crippen LogP contribution is 2.57. The Morgan fingerprint density at radius 3 is 2.88 bits per heavy atom. The Morgan fingerprint density at radius 1 is 1.31 bits per heavy atom. The number of hydrogen-bond donors (Lipinski definition) is 2. The minimum absolute atomic E-state index is 0.239. The first-order chi connectivity index (χ1) is 12.6.